The Hall–Kier alpha value is -1.33. The Morgan fingerprint density at radius 3 is 3.18 bits per heavy atom. The maximum Gasteiger partial charge on any atom is 0.227 e. The van der Waals surface area contributed by atoms with Gasteiger partial charge in [0.15, 0.2) is 0 Å². The first-order chi connectivity index (χ1) is 8.29. The van der Waals surface area contributed by atoms with Crippen LogP contribution in [0, 0.1) is 0 Å². The molecule has 6 heteroatoms. The molecule has 0 radical (unpaired) electrons. The van der Waals surface area contributed by atoms with E-state index in [-0.39, 0.29) is 17.9 Å². The van der Waals surface area contributed by atoms with Gasteiger partial charge < -0.3 is 10.0 Å². The highest BCUT2D eigenvalue weighted by Gasteiger charge is 2.27. The van der Waals surface area contributed by atoms with E-state index in [1.807, 2.05) is 22.7 Å². The molecule has 0 saturated carbocycles. The molecule has 3 rings (SSSR count). The van der Waals surface area contributed by atoms with Gasteiger partial charge in [-0.2, -0.15) is 9.97 Å². The third-order valence-electron chi connectivity index (χ3n) is 3.19. The van der Waals surface area contributed by atoms with Crippen molar-refractivity contribution in [1.29, 1.82) is 0 Å². The van der Waals surface area contributed by atoms with E-state index in [1.165, 1.54) is 0 Å². The third-order valence-corrected chi connectivity index (χ3v) is 3.36. The standard InChI is InChI=1S/C11H13ClN4O/c12-10-13-9-4-2-6-16(9)11(14-10)15-5-1-3-8(15)7-17/h2,4,6,8,17H,1,3,5,7H2/t8-/m0/s1. The second-order valence-electron chi connectivity index (χ2n) is 4.20. The van der Waals surface area contributed by atoms with Gasteiger partial charge in [0.05, 0.1) is 12.6 Å². The van der Waals surface area contributed by atoms with Crippen molar-refractivity contribution in [3.63, 3.8) is 0 Å². The topological polar surface area (TPSA) is 53.7 Å². The van der Waals surface area contributed by atoms with Gasteiger partial charge in [0.2, 0.25) is 11.2 Å². The van der Waals surface area contributed by atoms with E-state index < -0.39 is 0 Å². The Morgan fingerprint density at radius 2 is 2.35 bits per heavy atom. The summed E-state index contributed by atoms with van der Waals surface area (Å²) in [7, 11) is 0. The molecule has 0 amide bonds. The van der Waals surface area contributed by atoms with E-state index in [9.17, 15) is 5.11 Å². The van der Waals surface area contributed by atoms with Crippen LogP contribution in [0.3, 0.4) is 0 Å². The summed E-state index contributed by atoms with van der Waals surface area (Å²) < 4.78 is 1.90. The minimum Gasteiger partial charge on any atom is -0.394 e. The molecule has 1 fully saturated rings. The number of anilines is 1. The lowest BCUT2D eigenvalue weighted by Gasteiger charge is -2.24. The highest BCUT2D eigenvalue weighted by atomic mass is 35.5. The predicted octanol–water partition coefficient (Wildman–Crippen LogP) is 1.34. The van der Waals surface area contributed by atoms with Crippen molar-refractivity contribution in [2.45, 2.75) is 18.9 Å². The average Bonchev–Trinajstić information content (AvgIpc) is 2.95. The molecule has 1 atom stereocenters. The number of aliphatic hydroxyl groups is 1. The van der Waals surface area contributed by atoms with Crippen LogP contribution in [0.1, 0.15) is 12.8 Å². The molecule has 1 aliphatic rings. The number of aliphatic hydroxyl groups excluding tert-OH is 1. The fourth-order valence-corrected chi connectivity index (χ4v) is 2.54. The first-order valence-corrected chi connectivity index (χ1v) is 6.05. The molecule has 0 spiro atoms. The molecule has 1 saturated heterocycles. The van der Waals surface area contributed by atoms with Crippen LogP contribution in [-0.2, 0) is 0 Å². The average molecular weight is 253 g/mol. The number of fused-ring (bicyclic) bond motifs is 1. The van der Waals surface area contributed by atoms with Crippen molar-refractivity contribution < 1.29 is 5.11 Å². The molecule has 1 aliphatic heterocycles. The van der Waals surface area contributed by atoms with Crippen molar-refractivity contribution in [3.05, 3.63) is 23.6 Å². The van der Waals surface area contributed by atoms with E-state index in [4.69, 9.17) is 11.6 Å². The molecule has 5 nitrogen and oxygen atoms in total. The molecular formula is C11H13ClN4O. The Kier molecular flexibility index (Phi) is 2.64. The van der Waals surface area contributed by atoms with Crippen LogP contribution < -0.4 is 4.90 Å². The first kappa shape index (κ1) is 10.8. The van der Waals surface area contributed by atoms with Crippen molar-refractivity contribution >= 4 is 23.2 Å². The molecule has 90 valence electrons. The smallest absolute Gasteiger partial charge is 0.227 e. The lowest BCUT2D eigenvalue weighted by molar-refractivity contribution is 0.265. The van der Waals surface area contributed by atoms with Gasteiger partial charge >= 0.3 is 0 Å². The lowest BCUT2D eigenvalue weighted by atomic mass is 10.2. The summed E-state index contributed by atoms with van der Waals surface area (Å²) >= 11 is 5.93. The Labute approximate surface area is 104 Å². The van der Waals surface area contributed by atoms with Crippen LogP contribution in [0.25, 0.3) is 5.65 Å². The van der Waals surface area contributed by atoms with Crippen molar-refractivity contribution in [2.75, 3.05) is 18.1 Å². The quantitative estimate of drug-likeness (QED) is 0.877. The van der Waals surface area contributed by atoms with Gasteiger partial charge in [-0.25, -0.2) is 0 Å². The van der Waals surface area contributed by atoms with Gasteiger partial charge in [-0.05, 0) is 36.6 Å². The van der Waals surface area contributed by atoms with Gasteiger partial charge in [0.25, 0.3) is 0 Å². The predicted molar refractivity (Wildman–Crippen MR) is 65.5 cm³/mol. The highest BCUT2D eigenvalue weighted by Crippen LogP contribution is 2.25. The maximum atomic E-state index is 9.36. The molecule has 0 unspecified atom stereocenters. The van der Waals surface area contributed by atoms with E-state index in [0.29, 0.717) is 0 Å². The molecule has 2 aromatic rings. The van der Waals surface area contributed by atoms with Gasteiger partial charge in [-0.3, -0.25) is 4.40 Å². The normalized spacial score (nSPS) is 20.4. The fourth-order valence-electron chi connectivity index (χ4n) is 2.38. The van der Waals surface area contributed by atoms with Crippen molar-refractivity contribution in [2.24, 2.45) is 0 Å². The first-order valence-electron chi connectivity index (χ1n) is 5.67. The Balaban J connectivity index is 2.12. The highest BCUT2D eigenvalue weighted by molar-refractivity contribution is 6.28. The number of rotatable bonds is 2. The number of hydrogen-bond acceptors (Lipinski definition) is 4. The van der Waals surface area contributed by atoms with Gasteiger partial charge in [0, 0.05) is 12.7 Å². The Bertz CT molecular complexity index is 541. The summed E-state index contributed by atoms with van der Waals surface area (Å²) in [4.78, 5) is 10.5. The van der Waals surface area contributed by atoms with Crippen LogP contribution in [0.15, 0.2) is 18.3 Å². The van der Waals surface area contributed by atoms with Gasteiger partial charge in [-0.15, -0.1) is 0 Å². The van der Waals surface area contributed by atoms with Crippen LogP contribution in [0.4, 0.5) is 5.95 Å². The van der Waals surface area contributed by atoms with E-state index >= 15 is 0 Å². The SMILES string of the molecule is OC[C@@H]1CCCN1c1nc(Cl)nc2cccn12. The molecule has 17 heavy (non-hydrogen) atoms. The monoisotopic (exact) mass is 252 g/mol. The lowest BCUT2D eigenvalue weighted by Crippen LogP contribution is -2.34. The van der Waals surface area contributed by atoms with Crippen molar-refractivity contribution in [3.8, 4) is 0 Å². The maximum absolute atomic E-state index is 9.36. The molecule has 0 aliphatic carbocycles. The van der Waals surface area contributed by atoms with Crippen LogP contribution >= 0.6 is 11.6 Å². The molecule has 3 heterocycles. The zero-order valence-corrected chi connectivity index (χ0v) is 10.0. The van der Waals surface area contributed by atoms with E-state index in [1.54, 1.807) is 0 Å². The fraction of sp³-hybridized carbons (Fsp3) is 0.455. The summed E-state index contributed by atoms with van der Waals surface area (Å²) in [5, 5.41) is 9.61. The largest absolute Gasteiger partial charge is 0.394 e. The summed E-state index contributed by atoms with van der Waals surface area (Å²) in [5.74, 6) is 0.765. The second-order valence-corrected chi connectivity index (χ2v) is 4.54. The van der Waals surface area contributed by atoms with Crippen LogP contribution in [0.5, 0.6) is 0 Å². The molecule has 1 N–H and O–H groups in total. The third kappa shape index (κ3) is 1.75. The molecule has 0 bridgehead atoms. The van der Waals surface area contributed by atoms with Crippen LogP contribution in [-0.4, -0.2) is 38.7 Å². The minimum absolute atomic E-state index is 0.131. The summed E-state index contributed by atoms with van der Waals surface area (Å²) in [6.07, 6.45) is 3.96. The zero-order valence-electron chi connectivity index (χ0n) is 9.25. The summed E-state index contributed by atoms with van der Waals surface area (Å²) in [5.41, 5.74) is 0.781. The van der Waals surface area contributed by atoms with Gasteiger partial charge in [0.1, 0.15) is 5.65 Å². The second kappa shape index (κ2) is 4.16. The van der Waals surface area contributed by atoms with Crippen molar-refractivity contribution in [1.82, 2.24) is 14.4 Å². The molecule has 2 aromatic heterocycles. The van der Waals surface area contributed by atoms with E-state index in [2.05, 4.69) is 14.9 Å². The van der Waals surface area contributed by atoms with Crippen LogP contribution in [0.2, 0.25) is 5.28 Å². The summed E-state index contributed by atoms with van der Waals surface area (Å²) in [6.45, 7) is 1.04. The number of halogens is 1. The zero-order chi connectivity index (χ0) is 11.8. The minimum atomic E-state index is 0.131. The number of hydrogen-bond donors (Lipinski definition) is 1. The number of aromatic nitrogens is 3. The Morgan fingerprint density at radius 1 is 1.47 bits per heavy atom. The van der Waals surface area contributed by atoms with Gasteiger partial charge in [-0.1, -0.05) is 0 Å². The molecular weight excluding hydrogens is 240 g/mol. The summed E-state index contributed by atoms with van der Waals surface area (Å²) in [6, 6.07) is 3.93. The molecule has 0 aromatic carbocycles. The number of nitrogens with zero attached hydrogens (tertiary/aromatic N) is 4. The van der Waals surface area contributed by atoms with E-state index in [0.717, 1.165) is 31.0 Å².